The second-order valence-electron chi connectivity index (χ2n) is 15.8. The van der Waals surface area contributed by atoms with Crippen LogP contribution in [-0.2, 0) is 4.79 Å². The molecule has 1 amide bonds. The number of hydrogen-bond acceptors (Lipinski definition) is 3. The van der Waals surface area contributed by atoms with Gasteiger partial charge in [-0.05, 0) is 31.5 Å². The van der Waals surface area contributed by atoms with Crippen LogP contribution in [0.25, 0.3) is 0 Å². The summed E-state index contributed by atoms with van der Waals surface area (Å²) in [6, 6.07) is -0.766. The summed E-state index contributed by atoms with van der Waals surface area (Å²) >= 11 is 0. The highest BCUT2D eigenvalue weighted by molar-refractivity contribution is 5.97. The van der Waals surface area contributed by atoms with Gasteiger partial charge in [0.05, 0.1) is 5.69 Å². The predicted molar refractivity (Wildman–Crippen MR) is 166 cm³/mol. The van der Waals surface area contributed by atoms with Crippen LogP contribution < -0.4 is 5.32 Å². The smallest absolute Gasteiger partial charge is 0.349 e. The van der Waals surface area contributed by atoms with Crippen LogP contribution in [0.3, 0.4) is 0 Å². The quantitative estimate of drug-likeness (QED) is 0.0637. The number of amides is 1. The highest BCUT2D eigenvalue weighted by atomic mass is 19.4. The minimum atomic E-state index is -10.7. The summed E-state index contributed by atoms with van der Waals surface area (Å²) in [5.74, 6) is -203. The van der Waals surface area contributed by atoms with Gasteiger partial charge in [-0.1, -0.05) is 6.07 Å². The number of isocyanates is 1. The van der Waals surface area contributed by atoms with Crippen molar-refractivity contribution in [3.8, 4) is 0 Å². The molecule has 1 rings (SSSR count). The summed E-state index contributed by atoms with van der Waals surface area (Å²) < 4.78 is 601. The van der Waals surface area contributed by atoms with Crippen LogP contribution in [0.1, 0.15) is 29.3 Å². The predicted octanol–water partition coefficient (Wildman–Crippen LogP) is 15.7. The third kappa shape index (κ3) is 9.02. The van der Waals surface area contributed by atoms with Crippen molar-refractivity contribution in [1.82, 2.24) is 5.32 Å². The molecule has 0 aliphatic carbocycles. The molecule has 0 heterocycles. The van der Waals surface area contributed by atoms with Crippen LogP contribution in [0.15, 0.2) is 23.2 Å². The van der Waals surface area contributed by atoms with Gasteiger partial charge in [-0.2, -0.15) is 194 Å². The number of carbonyl (C=O) groups excluding carboxylic acids is 2. The average molecular weight is 1290 g/mol. The molecule has 0 fully saturated rings. The van der Waals surface area contributed by atoms with E-state index in [0.717, 1.165) is 30.5 Å². The second-order valence-corrected chi connectivity index (χ2v) is 15.8. The minimum Gasteiger partial charge on any atom is -0.349 e. The molecule has 0 aliphatic heterocycles. The SMILES string of the molecule is Cc1c(N=C=O)cccc1C(=O)NC(C)CC(F)(F)C(F)(F)C(F)(F)C(F)(F)C(F)(F)C(F)(F)C(F)(F)C(F)(F)C(F)(F)C(F)(F)C(F)(F)C(F)(F)C(F)(F)C(F)(F)C(F)(F)C(F)(F)C(F)(F)C(F)(F)C(F)(F)C(F)(F)C(F)(F)F. The lowest BCUT2D eigenvalue weighted by molar-refractivity contribution is -0.496. The van der Waals surface area contributed by atoms with Gasteiger partial charge in [-0.3, -0.25) is 4.79 Å². The van der Waals surface area contributed by atoms with Gasteiger partial charge >= 0.3 is 125 Å². The maximum absolute atomic E-state index is 14.6. The Bertz CT molecular complexity index is 2500. The Balaban J connectivity index is 4.05. The van der Waals surface area contributed by atoms with Crippen molar-refractivity contribution < 1.29 is 198 Å². The second kappa shape index (κ2) is 19.3. The summed E-state index contributed by atoms with van der Waals surface area (Å²) in [5, 5.41) is 1.14. The topological polar surface area (TPSA) is 58.5 Å². The Hall–Kier alpha value is -4.94. The third-order valence-electron chi connectivity index (χ3n) is 10.6. The van der Waals surface area contributed by atoms with E-state index in [2.05, 4.69) is 4.99 Å². The van der Waals surface area contributed by atoms with Gasteiger partial charge < -0.3 is 5.32 Å². The molecule has 468 valence electrons. The summed E-state index contributed by atoms with van der Waals surface area (Å²) in [5.41, 5.74) is -1.92. The zero-order valence-corrected chi connectivity index (χ0v) is 36.0. The van der Waals surface area contributed by atoms with Crippen molar-refractivity contribution in [3.63, 3.8) is 0 Å². The summed E-state index contributed by atoms with van der Waals surface area (Å²) in [6.45, 7) is 0.761. The summed E-state index contributed by atoms with van der Waals surface area (Å²) in [6.07, 6.45) is -11.2. The van der Waals surface area contributed by atoms with Crippen LogP contribution in [0.2, 0.25) is 0 Å². The zero-order valence-electron chi connectivity index (χ0n) is 36.0. The Kier molecular flexibility index (Phi) is 17.6. The lowest BCUT2D eigenvalue weighted by atomic mass is 9.81. The van der Waals surface area contributed by atoms with E-state index in [4.69, 9.17) is 0 Å². The van der Waals surface area contributed by atoms with Crippen molar-refractivity contribution >= 4 is 17.7 Å². The molecule has 0 spiro atoms. The molecule has 0 bridgehead atoms. The Morgan fingerprint density at radius 1 is 0.388 bits per heavy atom. The molecular weight excluding hydrogens is 1270 g/mol. The van der Waals surface area contributed by atoms with Gasteiger partial charge in [-0.25, -0.2) is 4.79 Å². The van der Waals surface area contributed by atoms with Crippen LogP contribution in [0, 0.1) is 6.92 Å². The van der Waals surface area contributed by atoms with E-state index in [1.807, 2.05) is 0 Å². The number of aliphatic imine (C=N–C) groups is 1. The number of benzene rings is 1. The number of alkyl halides is 43. The van der Waals surface area contributed by atoms with Crippen molar-refractivity contribution in [1.29, 1.82) is 0 Å². The van der Waals surface area contributed by atoms with Gasteiger partial charge in [0.2, 0.25) is 6.08 Å². The fourth-order valence-corrected chi connectivity index (χ4v) is 5.66. The Labute approximate surface area is 407 Å². The molecule has 0 aromatic heterocycles. The number of rotatable bonds is 24. The number of nitrogens with zero attached hydrogens (tertiary/aromatic N) is 1. The van der Waals surface area contributed by atoms with E-state index in [1.165, 1.54) is 0 Å². The van der Waals surface area contributed by atoms with E-state index >= 15 is 0 Å². The highest BCUT2D eigenvalue weighted by Crippen LogP contribution is 2.72. The number of carbonyl (C=O) groups is 1. The van der Waals surface area contributed by atoms with E-state index in [1.54, 1.807) is 0 Å². The molecule has 0 saturated heterocycles. The number of halogens is 43. The van der Waals surface area contributed by atoms with Crippen molar-refractivity contribution in [2.75, 3.05) is 0 Å². The first-order valence-electron chi connectivity index (χ1n) is 18.4. The van der Waals surface area contributed by atoms with Crippen LogP contribution >= 0.6 is 0 Å². The first kappa shape index (κ1) is 73.1. The molecule has 1 unspecified atom stereocenters. The van der Waals surface area contributed by atoms with E-state index in [9.17, 15) is 198 Å². The lowest BCUT2D eigenvalue weighted by Crippen LogP contribution is -2.80. The van der Waals surface area contributed by atoms with Crippen molar-refractivity contribution in [2.45, 2.75) is 151 Å². The number of nitrogens with one attached hydrogen (secondary N) is 1. The molecule has 47 heteroatoms. The van der Waals surface area contributed by atoms with E-state index in [-0.39, 0.29) is 6.92 Å². The van der Waals surface area contributed by atoms with E-state index < -0.39 is 160 Å². The molecule has 1 aromatic rings. The first-order valence-corrected chi connectivity index (χ1v) is 18.4. The number of hydrogen-bond donors (Lipinski definition) is 1. The maximum Gasteiger partial charge on any atom is 0.460 e. The fourth-order valence-electron chi connectivity index (χ4n) is 5.66. The van der Waals surface area contributed by atoms with Crippen LogP contribution in [0.5, 0.6) is 0 Å². The molecule has 0 radical (unpaired) electrons. The first-order chi connectivity index (χ1) is 34.2. The third-order valence-corrected chi connectivity index (χ3v) is 10.6. The molecule has 1 N–H and O–H groups in total. The molecule has 0 saturated carbocycles. The van der Waals surface area contributed by atoms with Gasteiger partial charge in [0.1, 0.15) is 0 Å². The van der Waals surface area contributed by atoms with Gasteiger partial charge in [-0.15, -0.1) is 0 Å². The van der Waals surface area contributed by atoms with Gasteiger partial charge in [0, 0.05) is 18.0 Å². The van der Waals surface area contributed by atoms with Crippen molar-refractivity contribution in [2.24, 2.45) is 4.99 Å². The standard InChI is InChI=1S/C33H13F43N2O2/c1-8(78-12(80)10-4-3-5-11(9(10)2)77-7-79)6-13(34,35)14(36,37)15(38,39)16(40,41)17(42,43)18(44,45)19(46,47)20(48,49)21(50,51)22(52,53)23(54,55)24(56,57)25(58,59)26(60,61)27(62,63)28(64,65)29(66,67)30(68,69)31(70,71)32(72,73)33(74,75)76/h3-5,8H,6H2,1-2H3,(H,78,80). The molecule has 1 atom stereocenters. The molecule has 80 heavy (non-hydrogen) atoms. The highest BCUT2D eigenvalue weighted by Gasteiger charge is 3.03. The summed E-state index contributed by atoms with van der Waals surface area (Å²) in [7, 11) is 0. The normalized spacial score (nSPS) is 16.6. The molecule has 4 nitrogen and oxygen atoms in total. The van der Waals surface area contributed by atoms with Gasteiger partial charge in [0.25, 0.3) is 5.91 Å². The average Bonchev–Trinajstić information content (AvgIpc) is 3.24. The molecule has 1 aromatic carbocycles. The minimum absolute atomic E-state index is 0.0676. The monoisotopic (exact) mass is 1290 g/mol. The van der Waals surface area contributed by atoms with Gasteiger partial charge in [0.15, 0.2) is 0 Å². The van der Waals surface area contributed by atoms with Crippen molar-refractivity contribution in [3.05, 3.63) is 29.3 Å². The zero-order chi connectivity index (χ0) is 65.3. The molecular formula is C33H13F43N2O2. The molecule has 0 aliphatic rings. The Morgan fingerprint density at radius 2 is 0.600 bits per heavy atom. The van der Waals surface area contributed by atoms with Crippen LogP contribution in [0.4, 0.5) is 194 Å². The van der Waals surface area contributed by atoms with Crippen LogP contribution in [-0.4, -0.2) is 143 Å². The van der Waals surface area contributed by atoms with E-state index in [0.29, 0.717) is 6.07 Å². The maximum atomic E-state index is 14.6. The fraction of sp³-hybridized carbons (Fsp3) is 0.758. The lowest BCUT2D eigenvalue weighted by Gasteiger charge is -2.47. The Morgan fingerprint density at radius 3 is 0.812 bits per heavy atom. The largest absolute Gasteiger partial charge is 0.460 e. The summed E-state index contributed by atoms with van der Waals surface area (Å²) in [4.78, 5) is 25.8.